The zero-order valence-electron chi connectivity index (χ0n) is 13.3. The maximum Gasteiger partial charge on any atom is 0.220 e. The average Bonchev–Trinajstić information content (AvgIpc) is 3.18. The number of rotatable bonds is 5. The van der Waals surface area contributed by atoms with Crippen LogP contribution in [-0.4, -0.2) is 40.3 Å². The van der Waals surface area contributed by atoms with Gasteiger partial charge in [-0.1, -0.05) is 0 Å². The van der Waals surface area contributed by atoms with Crippen molar-refractivity contribution in [2.24, 2.45) is 7.05 Å². The van der Waals surface area contributed by atoms with E-state index in [4.69, 9.17) is 9.47 Å². The van der Waals surface area contributed by atoms with Crippen LogP contribution in [-0.2, 0) is 21.3 Å². The largest absolute Gasteiger partial charge is 0.375 e. The lowest BCUT2D eigenvalue weighted by atomic mass is 10.1. The van der Waals surface area contributed by atoms with Gasteiger partial charge in [0.2, 0.25) is 5.91 Å². The lowest BCUT2D eigenvalue weighted by Crippen LogP contribution is -2.37. The molecule has 0 saturated carbocycles. The molecule has 0 aliphatic carbocycles. The Morgan fingerprint density at radius 3 is 3.00 bits per heavy atom. The van der Waals surface area contributed by atoms with E-state index >= 15 is 0 Å². The Morgan fingerprint density at radius 2 is 2.32 bits per heavy atom. The van der Waals surface area contributed by atoms with Crippen LogP contribution in [0.5, 0.6) is 0 Å². The van der Waals surface area contributed by atoms with E-state index in [0.717, 1.165) is 31.5 Å². The van der Waals surface area contributed by atoms with Crippen molar-refractivity contribution in [3.8, 4) is 0 Å². The molecule has 3 heterocycles. The number of amides is 1. The quantitative estimate of drug-likeness (QED) is 0.899. The van der Waals surface area contributed by atoms with Crippen molar-refractivity contribution >= 4 is 5.91 Å². The van der Waals surface area contributed by atoms with Crippen LogP contribution in [0.2, 0.25) is 0 Å². The molecule has 2 saturated heterocycles. The molecule has 0 aromatic carbocycles. The lowest BCUT2D eigenvalue weighted by Gasteiger charge is -2.20. The molecular formula is C16H25N3O3. The molecule has 6 nitrogen and oxygen atoms in total. The SMILES string of the molecule is C[C@H]1CC[C@@H](CCC(=O)N[C@H]2CCO[C@@H]2c2nccn2C)O1. The maximum absolute atomic E-state index is 12.2. The predicted octanol–water partition coefficient (Wildman–Crippen LogP) is 1.71. The molecule has 0 bridgehead atoms. The Bertz CT molecular complexity index is 516. The summed E-state index contributed by atoms with van der Waals surface area (Å²) in [7, 11) is 1.95. The minimum atomic E-state index is -0.147. The van der Waals surface area contributed by atoms with Gasteiger partial charge < -0.3 is 19.4 Å². The molecule has 2 fully saturated rings. The highest BCUT2D eigenvalue weighted by Crippen LogP contribution is 2.28. The third-order valence-corrected chi connectivity index (χ3v) is 4.56. The van der Waals surface area contributed by atoms with Crippen LogP contribution in [0.15, 0.2) is 12.4 Å². The smallest absolute Gasteiger partial charge is 0.220 e. The van der Waals surface area contributed by atoms with Crippen molar-refractivity contribution in [1.82, 2.24) is 14.9 Å². The van der Waals surface area contributed by atoms with Gasteiger partial charge in [0, 0.05) is 32.5 Å². The third kappa shape index (κ3) is 3.50. The average molecular weight is 307 g/mol. The molecule has 122 valence electrons. The molecule has 1 aromatic heterocycles. The Morgan fingerprint density at radius 1 is 1.45 bits per heavy atom. The Kier molecular flexibility index (Phi) is 4.78. The van der Waals surface area contributed by atoms with Crippen LogP contribution in [0.4, 0.5) is 0 Å². The monoisotopic (exact) mass is 307 g/mol. The second-order valence-electron chi connectivity index (χ2n) is 6.34. The van der Waals surface area contributed by atoms with Crippen molar-refractivity contribution in [2.75, 3.05) is 6.61 Å². The van der Waals surface area contributed by atoms with Crippen molar-refractivity contribution in [3.05, 3.63) is 18.2 Å². The number of hydrogen-bond donors (Lipinski definition) is 1. The Balaban J connectivity index is 1.49. The number of nitrogens with zero attached hydrogens (tertiary/aromatic N) is 2. The molecule has 2 aliphatic rings. The highest BCUT2D eigenvalue weighted by atomic mass is 16.5. The molecule has 6 heteroatoms. The summed E-state index contributed by atoms with van der Waals surface area (Å²) in [5, 5.41) is 3.11. The van der Waals surface area contributed by atoms with Crippen LogP contribution >= 0.6 is 0 Å². The van der Waals surface area contributed by atoms with Gasteiger partial charge in [-0.15, -0.1) is 0 Å². The first-order valence-corrected chi connectivity index (χ1v) is 8.17. The van der Waals surface area contributed by atoms with E-state index in [-0.39, 0.29) is 24.2 Å². The molecular weight excluding hydrogens is 282 g/mol. The van der Waals surface area contributed by atoms with Crippen molar-refractivity contribution in [3.63, 3.8) is 0 Å². The second-order valence-corrected chi connectivity index (χ2v) is 6.34. The first kappa shape index (κ1) is 15.5. The van der Waals surface area contributed by atoms with E-state index in [1.165, 1.54) is 0 Å². The van der Waals surface area contributed by atoms with Crippen molar-refractivity contribution in [1.29, 1.82) is 0 Å². The molecule has 1 aromatic rings. The van der Waals surface area contributed by atoms with E-state index < -0.39 is 0 Å². The van der Waals surface area contributed by atoms with Gasteiger partial charge in [-0.2, -0.15) is 0 Å². The van der Waals surface area contributed by atoms with E-state index in [2.05, 4.69) is 17.2 Å². The van der Waals surface area contributed by atoms with Gasteiger partial charge in [0.15, 0.2) is 0 Å². The lowest BCUT2D eigenvalue weighted by molar-refractivity contribution is -0.123. The maximum atomic E-state index is 12.2. The fourth-order valence-corrected chi connectivity index (χ4v) is 3.31. The van der Waals surface area contributed by atoms with Gasteiger partial charge in [0.05, 0.1) is 18.2 Å². The molecule has 4 atom stereocenters. The predicted molar refractivity (Wildman–Crippen MR) is 81.3 cm³/mol. The van der Waals surface area contributed by atoms with Gasteiger partial charge in [-0.3, -0.25) is 4.79 Å². The van der Waals surface area contributed by atoms with Gasteiger partial charge >= 0.3 is 0 Å². The summed E-state index contributed by atoms with van der Waals surface area (Å²) in [6.45, 7) is 2.75. The number of nitrogens with one attached hydrogen (secondary N) is 1. The third-order valence-electron chi connectivity index (χ3n) is 4.56. The summed E-state index contributed by atoms with van der Waals surface area (Å²) >= 11 is 0. The van der Waals surface area contributed by atoms with Crippen molar-refractivity contribution < 1.29 is 14.3 Å². The van der Waals surface area contributed by atoms with Crippen LogP contribution in [0.3, 0.4) is 0 Å². The molecule has 0 unspecified atom stereocenters. The van der Waals surface area contributed by atoms with Crippen LogP contribution < -0.4 is 5.32 Å². The number of hydrogen-bond acceptors (Lipinski definition) is 4. The number of ether oxygens (including phenoxy) is 2. The van der Waals surface area contributed by atoms with Gasteiger partial charge in [-0.05, 0) is 32.6 Å². The fourth-order valence-electron chi connectivity index (χ4n) is 3.31. The minimum Gasteiger partial charge on any atom is -0.375 e. The zero-order chi connectivity index (χ0) is 15.5. The minimum absolute atomic E-state index is 0.0111. The molecule has 3 rings (SSSR count). The summed E-state index contributed by atoms with van der Waals surface area (Å²) in [6.07, 6.45) is 8.41. The topological polar surface area (TPSA) is 65.4 Å². The number of carbonyl (C=O) groups excluding carboxylic acids is 1. The van der Waals surface area contributed by atoms with E-state index in [1.54, 1.807) is 6.20 Å². The number of imidazole rings is 1. The summed E-state index contributed by atoms with van der Waals surface area (Å²) in [6, 6.07) is 0.0111. The Labute approximate surface area is 131 Å². The second kappa shape index (κ2) is 6.79. The summed E-state index contributed by atoms with van der Waals surface area (Å²) < 4.78 is 13.5. The standard InChI is InChI=1S/C16H25N3O3/c1-11-3-4-12(22-11)5-6-14(20)18-13-7-10-21-15(13)16-17-8-9-19(16)2/h8-9,11-13,15H,3-7,10H2,1-2H3,(H,18,20)/t11-,12-,13-,15-/m0/s1. The molecule has 1 amide bonds. The number of aromatic nitrogens is 2. The fraction of sp³-hybridized carbons (Fsp3) is 0.750. The zero-order valence-corrected chi connectivity index (χ0v) is 13.3. The first-order chi connectivity index (χ1) is 10.6. The molecule has 2 aliphatic heterocycles. The van der Waals surface area contributed by atoms with Gasteiger partial charge in [0.1, 0.15) is 11.9 Å². The summed E-state index contributed by atoms with van der Waals surface area (Å²) in [5.41, 5.74) is 0. The molecule has 0 radical (unpaired) electrons. The number of carbonyl (C=O) groups is 1. The highest BCUT2D eigenvalue weighted by molar-refractivity contribution is 5.76. The number of aryl methyl sites for hydroxylation is 1. The molecule has 22 heavy (non-hydrogen) atoms. The van der Waals surface area contributed by atoms with Gasteiger partial charge in [0.25, 0.3) is 0 Å². The summed E-state index contributed by atoms with van der Waals surface area (Å²) in [4.78, 5) is 16.5. The first-order valence-electron chi connectivity index (χ1n) is 8.17. The highest BCUT2D eigenvalue weighted by Gasteiger charge is 2.33. The van der Waals surface area contributed by atoms with Crippen LogP contribution in [0.25, 0.3) is 0 Å². The van der Waals surface area contributed by atoms with Gasteiger partial charge in [-0.25, -0.2) is 4.98 Å². The van der Waals surface area contributed by atoms with E-state index in [0.29, 0.717) is 19.1 Å². The normalized spacial score (nSPS) is 31.5. The summed E-state index contributed by atoms with van der Waals surface area (Å²) in [5.74, 6) is 0.952. The van der Waals surface area contributed by atoms with E-state index in [9.17, 15) is 4.79 Å². The van der Waals surface area contributed by atoms with Crippen molar-refractivity contribution in [2.45, 2.75) is 63.4 Å². The Hall–Kier alpha value is -1.40. The van der Waals surface area contributed by atoms with Crippen LogP contribution in [0.1, 0.15) is 51.0 Å². The molecule has 1 N–H and O–H groups in total. The molecule has 0 spiro atoms. The van der Waals surface area contributed by atoms with Crippen LogP contribution in [0, 0.1) is 0 Å². The van der Waals surface area contributed by atoms with E-state index in [1.807, 2.05) is 17.8 Å².